The van der Waals surface area contributed by atoms with E-state index in [-0.39, 0.29) is 17.3 Å². The first-order valence-corrected chi connectivity index (χ1v) is 7.08. The zero-order valence-electron chi connectivity index (χ0n) is 11.8. The Bertz CT molecular complexity index is 761. The first-order valence-electron chi connectivity index (χ1n) is 7.08. The average molecular weight is 291 g/mol. The zero-order valence-corrected chi connectivity index (χ0v) is 11.8. The van der Waals surface area contributed by atoms with Gasteiger partial charge in [-0.1, -0.05) is 19.3 Å². The third kappa shape index (κ3) is 3.13. The first kappa shape index (κ1) is 13.8. The topological polar surface area (TPSA) is 97.2 Å². The van der Waals surface area contributed by atoms with Crippen LogP contribution < -0.4 is 21.5 Å². The van der Waals surface area contributed by atoms with Crippen molar-refractivity contribution in [2.24, 2.45) is 5.92 Å². The normalized spacial score (nSPS) is 14.5. The number of aromatic amines is 1. The van der Waals surface area contributed by atoms with E-state index in [0.717, 1.165) is 18.8 Å². The molecule has 0 unspecified atom stereocenters. The molecule has 1 aliphatic rings. The standard InChI is InChI=1S/C14H17N3O4/c1-15-21-14-16-12(19)11-9(4-2-3-8-5-6-8)7-10(18)20-13(11)17-14/h7-8,15H,2-6H2,1H3,(H,16,17,19). The SMILES string of the molecule is CNOc1nc2oc(=O)cc(CCCC3CC3)c2c(=O)[nH]1. The molecule has 1 fully saturated rings. The molecule has 2 aromatic rings. The fourth-order valence-corrected chi connectivity index (χ4v) is 2.46. The summed E-state index contributed by atoms with van der Waals surface area (Å²) in [6.45, 7) is 0. The number of aromatic nitrogens is 2. The average Bonchev–Trinajstić information content (AvgIpc) is 3.22. The fourth-order valence-electron chi connectivity index (χ4n) is 2.46. The highest BCUT2D eigenvalue weighted by atomic mass is 16.7. The van der Waals surface area contributed by atoms with E-state index >= 15 is 0 Å². The van der Waals surface area contributed by atoms with Crippen LogP contribution in [0.4, 0.5) is 0 Å². The number of hydroxylamine groups is 1. The van der Waals surface area contributed by atoms with Crippen LogP contribution in [-0.2, 0) is 6.42 Å². The highest BCUT2D eigenvalue weighted by Crippen LogP contribution is 2.34. The molecule has 112 valence electrons. The van der Waals surface area contributed by atoms with Crippen LogP contribution in [-0.4, -0.2) is 17.0 Å². The summed E-state index contributed by atoms with van der Waals surface area (Å²) in [4.78, 5) is 35.2. The van der Waals surface area contributed by atoms with E-state index in [1.807, 2.05) is 0 Å². The molecule has 0 saturated heterocycles. The van der Waals surface area contributed by atoms with Gasteiger partial charge in [-0.05, 0) is 24.3 Å². The highest BCUT2D eigenvalue weighted by molar-refractivity contribution is 5.75. The van der Waals surface area contributed by atoms with Crippen molar-refractivity contribution in [1.82, 2.24) is 15.4 Å². The summed E-state index contributed by atoms with van der Waals surface area (Å²) in [6.07, 6.45) is 5.36. The van der Waals surface area contributed by atoms with Crippen molar-refractivity contribution in [3.05, 3.63) is 32.4 Å². The predicted octanol–water partition coefficient (Wildman–Crippen LogP) is 1.12. The Labute approximate surface area is 120 Å². The Balaban J connectivity index is 1.97. The van der Waals surface area contributed by atoms with Crippen LogP contribution in [0.25, 0.3) is 11.1 Å². The Kier molecular flexibility index (Phi) is 3.74. The molecule has 0 bridgehead atoms. The molecule has 3 rings (SSSR count). The predicted molar refractivity (Wildman–Crippen MR) is 76.2 cm³/mol. The molecule has 0 atom stereocenters. The van der Waals surface area contributed by atoms with Gasteiger partial charge >= 0.3 is 11.6 Å². The van der Waals surface area contributed by atoms with E-state index in [2.05, 4.69) is 15.4 Å². The van der Waals surface area contributed by atoms with Crippen LogP contribution in [0.15, 0.2) is 20.1 Å². The molecule has 0 aromatic carbocycles. The minimum Gasteiger partial charge on any atom is -0.403 e. The number of hydrogen-bond donors (Lipinski definition) is 2. The summed E-state index contributed by atoms with van der Waals surface area (Å²) in [5, 5.41) is 0.328. The Morgan fingerprint density at radius 2 is 2.29 bits per heavy atom. The molecule has 0 radical (unpaired) electrons. The van der Waals surface area contributed by atoms with E-state index in [0.29, 0.717) is 17.4 Å². The van der Waals surface area contributed by atoms with Crippen LogP contribution in [0.1, 0.15) is 31.2 Å². The lowest BCUT2D eigenvalue weighted by molar-refractivity contribution is 0.203. The first-order chi connectivity index (χ1) is 10.2. The van der Waals surface area contributed by atoms with Crippen molar-refractivity contribution in [2.45, 2.75) is 32.1 Å². The second-order valence-corrected chi connectivity index (χ2v) is 5.28. The minimum atomic E-state index is -0.502. The van der Waals surface area contributed by atoms with E-state index in [1.165, 1.54) is 26.0 Å². The summed E-state index contributed by atoms with van der Waals surface area (Å²) >= 11 is 0. The van der Waals surface area contributed by atoms with Crippen LogP contribution in [0.2, 0.25) is 0 Å². The molecule has 1 saturated carbocycles. The van der Waals surface area contributed by atoms with Gasteiger partial charge in [-0.25, -0.2) is 4.79 Å². The summed E-state index contributed by atoms with van der Waals surface area (Å²) in [5.41, 5.74) is 2.24. The molecule has 21 heavy (non-hydrogen) atoms. The smallest absolute Gasteiger partial charge is 0.337 e. The maximum atomic E-state index is 12.2. The monoisotopic (exact) mass is 291 g/mol. The maximum Gasteiger partial charge on any atom is 0.337 e. The van der Waals surface area contributed by atoms with Gasteiger partial charge in [0.15, 0.2) is 0 Å². The van der Waals surface area contributed by atoms with Crippen molar-refractivity contribution in [2.75, 3.05) is 7.05 Å². The highest BCUT2D eigenvalue weighted by Gasteiger charge is 2.21. The Morgan fingerprint density at radius 1 is 1.48 bits per heavy atom. The van der Waals surface area contributed by atoms with Crippen LogP contribution in [0, 0.1) is 5.92 Å². The van der Waals surface area contributed by atoms with Gasteiger partial charge in [0, 0.05) is 13.1 Å². The summed E-state index contributed by atoms with van der Waals surface area (Å²) in [7, 11) is 1.54. The molecule has 1 aliphatic carbocycles. The van der Waals surface area contributed by atoms with Gasteiger partial charge in [0.2, 0.25) is 5.71 Å². The van der Waals surface area contributed by atoms with Gasteiger partial charge < -0.3 is 9.25 Å². The summed E-state index contributed by atoms with van der Waals surface area (Å²) in [5.74, 6) is 0.823. The van der Waals surface area contributed by atoms with E-state index in [1.54, 1.807) is 0 Å². The number of H-pyrrole nitrogens is 1. The Hall–Kier alpha value is -2.15. The van der Waals surface area contributed by atoms with Crippen molar-refractivity contribution in [3.63, 3.8) is 0 Å². The van der Waals surface area contributed by atoms with E-state index < -0.39 is 5.63 Å². The second-order valence-electron chi connectivity index (χ2n) is 5.28. The third-order valence-corrected chi connectivity index (χ3v) is 3.63. The fraction of sp³-hybridized carbons (Fsp3) is 0.500. The van der Waals surface area contributed by atoms with Crippen LogP contribution in [0.5, 0.6) is 6.01 Å². The van der Waals surface area contributed by atoms with Crippen molar-refractivity contribution in [3.8, 4) is 6.01 Å². The van der Waals surface area contributed by atoms with Gasteiger partial charge in [0.1, 0.15) is 5.39 Å². The van der Waals surface area contributed by atoms with E-state index in [9.17, 15) is 9.59 Å². The number of hydrogen-bond acceptors (Lipinski definition) is 6. The second kappa shape index (κ2) is 5.69. The Morgan fingerprint density at radius 3 is 3.00 bits per heavy atom. The molecule has 7 heteroatoms. The molecule has 2 aromatic heterocycles. The van der Waals surface area contributed by atoms with E-state index in [4.69, 9.17) is 9.25 Å². The van der Waals surface area contributed by atoms with Crippen molar-refractivity contribution < 1.29 is 9.25 Å². The molecule has 0 aliphatic heterocycles. The van der Waals surface area contributed by atoms with Crippen molar-refractivity contribution in [1.29, 1.82) is 0 Å². The number of rotatable bonds is 6. The van der Waals surface area contributed by atoms with Crippen LogP contribution >= 0.6 is 0 Å². The molecule has 0 spiro atoms. The van der Waals surface area contributed by atoms with Gasteiger partial charge in [-0.15, -0.1) is 0 Å². The molecule has 2 N–H and O–H groups in total. The quantitative estimate of drug-likeness (QED) is 0.774. The lowest BCUT2D eigenvalue weighted by atomic mass is 10.1. The number of fused-ring (bicyclic) bond motifs is 1. The number of nitrogens with zero attached hydrogens (tertiary/aromatic N) is 1. The molecule has 2 heterocycles. The third-order valence-electron chi connectivity index (χ3n) is 3.63. The van der Waals surface area contributed by atoms with Gasteiger partial charge in [0.05, 0.1) is 0 Å². The largest absolute Gasteiger partial charge is 0.403 e. The summed E-state index contributed by atoms with van der Waals surface area (Å²) in [6, 6.07) is 1.35. The molecule has 7 nitrogen and oxygen atoms in total. The lowest BCUT2D eigenvalue weighted by Gasteiger charge is -2.06. The maximum absolute atomic E-state index is 12.2. The molecular weight excluding hydrogens is 274 g/mol. The van der Waals surface area contributed by atoms with Gasteiger partial charge in [-0.2, -0.15) is 10.5 Å². The van der Waals surface area contributed by atoms with Crippen LogP contribution in [0.3, 0.4) is 0 Å². The van der Waals surface area contributed by atoms with Crippen molar-refractivity contribution >= 4 is 11.1 Å². The number of aryl methyl sites for hydroxylation is 1. The van der Waals surface area contributed by atoms with Gasteiger partial charge in [0.25, 0.3) is 5.56 Å². The van der Waals surface area contributed by atoms with Gasteiger partial charge in [-0.3, -0.25) is 9.78 Å². The number of nitrogens with one attached hydrogen (secondary N) is 2. The minimum absolute atomic E-state index is 0.0120. The summed E-state index contributed by atoms with van der Waals surface area (Å²) < 4.78 is 5.02. The molecular formula is C14H17N3O4. The zero-order chi connectivity index (χ0) is 14.8. The molecule has 0 amide bonds. The lowest BCUT2D eigenvalue weighted by Crippen LogP contribution is -2.19.